The summed E-state index contributed by atoms with van der Waals surface area (Å²) in [6.07, 6.45) is 0.526. The standard InChI is InChI=1S/C33H37N3O9/c1-5-11-33(45-28(39)10-9-27(38)34-25(31(41)42)12-17(3)4)23-14-26-29-21(15-36(26)30(40)22(23)16-44-32(33)43)19(6-2)20-13-18(37)7-8-24(20)35-29/h7-8,13-14,17,25,37H,5-6,9-12,15-16H2,1-4H3,(H,34,38)(H,41,42)/t25-,33-/m0/s1. The van der Waals surface area contributed by atoms with Crippen LogP contribution in [-0.2, 0) is 53.8 Å². The molecule has 5 rings (SSSR count). The Morgan fingerprint density at radius 1 is 1.13 bits per heavy atom. The molecule has 3 N–H and O–H groups in total. The lowest BCUT2D eigenvalue weighted by Gasteiger charge is -2.36. The first kappa shape index (κ1) is 31.7. The maximum absolute atomic E-state index is 13.9. The molecular weight excluding hydrogens is 582 g/mol. The van der Waals surface area contributed by atoms with Gasteiger partial charge in [0.25, 0.3) is 5.56 Å². The van der Waals surface area contributed by atoms with Crippen molar-refractivity contribution in [3.63, 3.8) is 0 Å². The minimum Gasteiger partial charge on any atom is -0.508 e. The molecule has 2 aliphatic rings. The minimum absolute atomic E-state index is 0.0241. The van der Waals surface area contributed by atoms with Crippen LogP contribution in [0.25, 0.3) is 22.3 Å². The first-order chi connectivity index (χ1) is 21.4. The second kappa shape index (κ2) is 12.3. The molecule has 0 spiro atoms. The highest BCUT2D eigenvalue weighted by Crippen LogP contribution is 2.43. The zero-order chi connectivity index (χ0) is 32.6. The maximum atomic E-state index is 13.9. The number of cyclic esters (lactones) is 1. The predicted molar refractivity (Wildman–Crippen MR) is 162 cm³/mol. The zero-order valence-corrected chi connectivity index (χ0v) is 25.8. The highest BCUT2D eigenvalue weighted by atomic mass is 16.6. The van der Waals surface area contributed by atoms with Crippen molar-refractivity contribution in [2.75, 3.05) is 0 Å². The first-order valence-electron chi connectivity index (χ1n) is 15.2. The van der Waals surface area contributed by atoms with Crippen molar-refractivity contribution >= 4 is 34.7 Å². The summed E-state index contributed by atoms with van der Waals surface area (Å²) in [5.74, 6) is -3.35. The molecule has 2 aromatic heterocycles. The Labute approximate surface area is 259 Å². The number of aromatic nitrogens is 2. The molecule has 4 heterocycles. The monoisotopic (exact) mass is 619 g/mol. The number of amides is 1. The van der Waals surface area contributed by atoms with Crippen molar-refractivity contribution in [3.8, 4) is 17.1 Å². The highest BCUT2D eigenvalue weighted by molar-refractivity contribution is 5.91. The van der Waals surface area contributed by atoms with Gasteiger partial charge in [0.1, 0.15) is 18.4 Å². The number of carbonyl (C=O) groups excluding carboxylic acids is 3. The van der Waals surface area contributed by atoms with Gasteiger partial charge in [-0.25, -0.2) is 14.6 Å². The number of pyridine rings is 2. The van der Waals surface area contributed by atoms with Gasteiger partial charge in [-0.1, -0.05) is 34.1 Å². The Kier molecular flexibility index (Phi) is 8.68. The van der Waals surface area contributed by atoms with E-state index in [2.05, 4.69) is 5.32 Å². The summed E-state index contributed by atoms with van der Waals surface area (Å²) >= 11 is 0. The molecule has 0 unspecified atom stereocenters. The number of aromatic hydroxyl groups is 1. The third kappa shape index (κ3) is 5.76. The molecule has 3 aromatic rings. The SMILES string of the molecule is CCC[C@@]1(OC(=O)CCC(=O)N[C@@H](CC(C)C)C(=O)O)C(=O)OCc2c1cc1n(c2=O)Cc2c-1nc1ccc(O)cc1c2CC. The number of esters is 2. The van der Waals surface area contributed by atoms with Gasteiger partial charge in [0.15, 0.2) is 0 Å². The normalized spacial score (nSPS) is 17.3. The summed E-state index contributed by atoms with van der Waals surface area (Å²) in [4.78, 5) is 69.4. The fourth-order valence-corrected chi connectivity index (χ4v) is 6.36. The van der Waals surface area contributed by atoms with E-state index in [0.29, 0.717) is 29.7 Å². The van der Waals surface area contributed by atoms with Crippen LogP contribution in [0.15, 0.2) is 29.1 Å². The van der Waals surface area contributed by atoms with Crippen molar-refractivity contribution in [3.05, 3.63) is 56.9 Å². The number of carbonyl (C=O) groups is 4. The average Bonchev–Trinajstić information content (AvgIpc) is 3.35. The van der Waals surface area contributed by atoms with E-state index in [1.165, 1.54) is 0 Å². The van der Waals surface area contributed by atoms with E-state index in [4.69, 9.17) is 14.5 Å². The van der Waals surface area contributed by atoms with Gasteiger partial charge >= 0.3 is 17.9 Å². The predicted octanol–water partition coefficient (Wildman–Crippen LogP) is 3.68. The van der Waals surface area contributed by atoms with Gasteiger partial charge < -0.3 is 29.6 Å². The molecule has 12 nitrogen and oxygen atoms in total. The summed E-state index contributed by atoms with van der Waals surface area (Å²) in [6.45, 7) is 7.42. The number of aryl methyl sites for hydroxylation is 1. The molecule has 0 radical (unpaired) electrons. The number of aliphatic carboxylic acids is 1. The van der Waals surface area contributed by atoms with Crippen molar-refractivity contribution in [2.45, 2.75) is 91.0 Å². The van der Waals surface area contributed by atoms with Crippen LogP contribution in [0.1, 0.15) is 82.1 Å². The number of fused-ring (bicyclic) bond motifs is 5. The lowest BCUT2D eigenvalue weighted by atomic mass is 9.84. The Balaban J connectivity index is 1.50. The molecule has 45 heavy (non-hydrogen) atoms. The number of ether oxygens (including phenoxy) is 2. The number of carboxylic acid groups (broad SMARTS) is 1. The molecule has 1 aromatic carbocycles. The molecule has 0 saturated carbocycles. The lowest BCUT2D eigenvalue weighted by Crippen LogP contribution is -2.48. The molecule has 2 aliphatic heterocycles. The summed E-state index contributed by atoms with van der Waals surface area (Å²) in [6, 6.07) is 5.50. The van der Waals surface area contributed by atoms with Crippen LogP contribution in [0.4, 0.5) is 0 Å². The summed E-state index contributed by atoms with van der Waals surface area (Å²) in [7, 11) is 0. The van der Waals surface area contributed by atoms with Gasteiger partial charge in [-0.2, -0.15) is 0 Å². The fourth-order valence-electron chi connectivity index (χ4n) is 6.36. The molecule has 0 aliphatic carbocycles. The molecule has 12 heteroatoms. The fraction of sp³-hybridized carbons (Fsp3) is 0.455. The van der Waals surface area contributed by atoms with Crippen LogP contribution < -0.4 is 10.9 Å². The molecular formula is C33H37N3O9. The van der Waals surface area contributed by atoms with E-state index in [1.807, 2.05) is 20.8 Å². The van der Waals surface area contributed by atoms with Crippen LogP contribution in [0.2, 0.25) is 0 Å². The average molecular weight is 620 g/mol. The molecule has 2 atom stereocenters. The van der Waals surface area contributed by atoms with E-state index >= 15 is 0 Å². The van der Waals surface area contributed by atoms with Gasteiger partial charge in [0, 0.05) is 29.4 Å². The van der Waals surface area contributed by atoms with E-state index in [-0.39, 0.29) is 60.8 Å². The number of rotatable bonds is 11. The first-order valence-corrected chi connectivity index (χ1v) is 15.2. The quantitative estimate of drug-likeness (QED) is 0.210. The highest BCUT2D eigenvalue weighted by Gasteiger charge is 2.51. The summed E-state index contributed by atoms with van der Waals surface area (Å²) < 4.78 is 12.9. The third-order valence-electron chi connectivity index (χ3n) is 8.40. The molecule has 238 valence electrons. The Hall–Kier alpha value is -4.74. The Morgan fingerprint density at radius 2 is 1.89 bits per heavy atom. The number of nitrogens with one attached hydrogen (secondary N) is 1. The van der Waals surface area contributed by atoms with Crippen molar-refractivity contribution in [1.82, 2.24) is 14.9 Å². The van der Waals surface area contributed by atoms with Crippen molar-refractivity contribution < 1.29 is 38.9 Å². The number of nitrogens with zero attached hydrogens (tertiary/aromatic N) is 2. The summed E-state index contributed by atoms with van der Waals surface area (Å²) in [5.41, 5.74) is 1.61. The van der Waals surface area contributed by atoms with Gasteiger partial charge in [0.05, 0.1) is 35.4 Å². The number of phenolic OH excluding ortho intramolecular Hbond substituents is 1. The van der Waals surface area contributed by atoms with E-state index in [9.17, 15) is 34.2 Å². The van der Waals surface area contributed by atoms with Crippen LogP contribution >= 0.6 is 0 Å². The number of hydrogen-bond acceptors (Lipinski definition) is 9. The van der Waals surface area contributed by atoms with Gasteiger partial charge in [-0.3, -0.25) is 14.4 Å². The number of carboxylic acids is 1. The topological polar surface area (TPSA) is 174 Å². The Bertz CT molecular complexity index is 1780. The molecule has 0 fully saturated rings. The van der Waals surface area contributed by atoms with Gasteiger partial charge in [-0.05, 0) is 48.6 Å². The second-order valence-electron chi connectivity index (χ2n) is 12.0. The van der Waals surface area contributed by atoms with Gasteiger partial charge in [0.2, 0.25) is 11.5 Å². The summed E-state index contributed by atoms with van der Waals surface area (Å²) in [5, 5.41) is 22.8. The molecule has 1 amide bonds. The smallest absolute Gasteiger partial charge is 0.355 e. The third-order valence-corrected chi connectivity index (χ3v) is 8.40. The van der Waals surface area contributed by atoms with Crippen LogP contribution in [0.3, 0.4) is 0 Å². The maximum Gasteiger partial charge on any atom is 0.355 e. The van der Waals surface area contributed by atoms with E-state index < -0.39 is 41.9 Å². The molecule has 0 saturated heterocycles. The number of benzene rings is 1. The van der Waals surface area contributed by atoms with E-state index in [0.717, 1.165) is 16.5 Å². The Morgan fingerprint density at radius 3 is 2.56 bits per heavy atom. The second-order valence-corrected chi connectivity index (χ2v) is 12.0. The molecule has 0 bridgehead atoms. The van der Waals surface area contributed by atoms with Crippen LogP contribution in [-0.4, -0.2) is 49.6 Å². The van der Waals surface area contributed by atoms with Crippen LogP contribution in [0, 0.1) is 5.92 Å². The number of hydrogen-bond donors (Lipinski definition) is 3. The van der Waals surface area contributed by atoms with Crippen molar-refractivity contribution in [2.24, 2.45) is 5.92 Å². The van der Waals surface area contributed by atoms with Crippen LogP contribution in [0.5, 0.6) is 5.75 Å². The van der Waals surface area contributed by atoms with Crippen molar-refractivity contribution in [1.29, 1.82) is 0 Å². The zero-order valence-electron chi connectivity index (χ0n) is 25.8. The minimum atomic E-state index is -1.91. The lowest BCUT2D eigenvalue weighted by molar-refractivity contribution is -0.190. The largest absolute Gasteiger partial charge is 0.508 e. The van der Waals surface area contributed by atoms with E-state index in [1.54, 1.807) is 35.8 Å². The number of phenols is 1. The van der Waals surface area contributed by atoms with Gasteiger partial charge in [-0.15, -0.1) is 0 Å².